The van der Waals surface area contributed by atoms with Crippen LogP contribution in [0.25, 0.3) is 0 Å². The van der Waals surface area contributed by atoms with Crippen LogP contribution >= 0.6 is 0 Å². The highest BCUT2D eigenvalue weighted by atomic mass is 16.6. The first-order valence-corrected chi connectivity index (χ1v) is 3.78. The van der Waals surface area contributed by atoms with E-state index in [1.54, 1.807) is 0 Å². The summed E-state index contributed by atoms with van der Waals surface area (Å²) in [6, 6.07) is 0. The molecule has 1 aromatic rings. The van der Waals surface area contributed by atoms with E-state index in [2.05, 4.69) is 30.6 Å². The van der Waals surface area contributed by atoms with Crippen LogP contribution in [0.5, 0.6) is 0 Å². The number of rotatable bonds is 5. The van der Waals surface area contributed by atoms with Crippen LogP contribution in [0.15, 0.2) is 6.20 Å². The lowest BCUT2D eigenvalue weighted by molar-refractivity contribution is -0.384. The van der Waals surface area contributed by atoms with Gasteiger partial charge in [-0.1, -0.05) is 0 Å². The first-order valence-electron chi connectivity index (χ1n) is 3.78. The van der Waals surface area contributed by atoms with Gasteiger partial charge in [0.15, 0.2) is 0 Å². The molecule has 0 bridgehead atoms. The van der Waals surface area contributed by atoms with Crippen molar-refractivity contribution in [3.63, 3.8) is 0 Å². The molecule has 82 valence electrons. The Labute approximate surface area is 84.5 Å². The molecule has 0 spiro atoms. The Balaban J connectivity index is 3.03. The van der Waals surface area contributed by atoms with Crippen molar-refractivity contribution in [1.29, 1.82) is 0 Å². The van der Waals surface area contributed by atoms with Gasteiger partial charge in [-0.25, -0.2) is 15.9 Å². The Morgan fingerprint density at radius 2 is 2.07 bits per heavy atom. The molecule has 0 radical (unpaired) electrons. The first kappa shape index (κ1) is 11.1. The molecule has 0 aliphatic carbocycles. The molecule has 0 fully saturated rings. The zero-order valence-corrected chi connectivity index (χ0v) is 8.05. The standard InChI is InChI=1S/C6H9N5O4/c1-14-9-5-4(11(12)13)3-7-6(8-5)10-15-2/h3H,1-2H3,(H2,7,8,9,10). The average Bonchev–Trinajstić information content (AvgIpc) is 2.18. The number of nitrogens with zero attached hydrogens (tertiary/aromatic N) is 3. The van der Waals surface area contributed by atoms with Crippen LogP contribution in [0.2, 0.25) is 0 Å². The van der Waals surface area contributed by atoms with Gasteiger partial charge in [-0.15, -0.1) is 0 Å². The summed E-state index contributed by atoms with van der Waals surface area (Å²) in [6.07, 6.45) is 1.04. The number of hydrogen-bond acceptors (Lipinski definition) is 8. The Hall–Kier alpha value is -2.00. The maximum absolute atomic E-state index is 10.5. The molecule has 0 unspecified atom stereocenters. The van der Waals surface area contributed by atoms with E-state index in [1.807, 2.05) is 0 Å². The van der Waals surface area contributed by atoms with Gasteiger partial charge in [0.1, 0.15) is 6.20 Å². The molecule has 0 aliphatic rings. The van der Waals surface area contributed by atoms with Crippen molar-refractivity contribution in [3.05, 3.63) is 16.3 Å². The topological polar surface area (TPSA) is 111 Å². The minimum atomic E-state index is -0.627. The van der Waals surface area contributed by atoms with Gasteiger partial charge in [0.25, 0.3) is 0 Å². The number of anilines is 2. The van der Waals surface area contributed by atoms with Gasteiger partial charge < -0.3 is 0 Å². The molecule has 0 atom stereocenters. The minimum Gasteiger partial charge on any atom is -0.278 e. The van der Waals surface area contributed by atoms with Gasteiger partial charge in [0.2, 0.25) is 11.8 Å². The Morgan fingerprint density at radius 3 is 2.60 bits per heavy atom. The highest BCUT2D eigenvalue weighted by Crippen LogP contribution is 2.21. The maximum atomic E-state index is 10.5. The van der Waals surface area contributed by atoms with Gasteiger partial charge in [0.05, 0.1) is 19.1 Å². The summed E-state index contributed by atoms with van der Waals surface area (Å²) in [4.78, 5) is 26.4. The lowest BCUT2D eigenvalue weighted by Crippen LogP contribution is -2.07. The maximum Gasteiger partial charge on any atom is 0.331 e. The molecule has 1 aromatic heterocycles. The van der Waals surface area contributed by atoms with E-state index in [-0.39, 0.29) is 17.5 Å². The quantitative estimate of drug-likeness (QED) is 0.533. The van der Waals surface area contributed by atoms with Gasteiger partial charge in [0, 0.05) is 0 Å². The van der Waals surface area contributed by atoms with Crippen molar-refractivity contribution in [2.24, 2.45) is 0 Å². The van der Waals surface area contributed by atoms with Gasteiger partial charge in [-0.05, 0) is 0 Å². The minimum absolute atomic E-state index is 0.0583. The second kappa shape index (κ2) is 5.02. The van der Waals surface area contributed by atoms with Gasteiger partial charge in [-0.2, -0.15) is 4.98 Å². The van der Waals surface area contributed by atoms with Crippen molar-refractivity contribution in [3.8, 4) is 0 Å². The van der Waals surface area contributed by atoms with Crippen LogP contribution in [-0.4, -0.2) is 29.1 Å². The lowest BCUT2D eigenvalue weighted by Gasteiger charge is -2.05. The molecule has 9 heteroatoms. The average molecular weight is 215 g/mol. The van der Waals surface area contributed by atoms with Crippen molar-refractivity contribution in [1.82, 2.24) is 9.97 Å². The van der Waals surface area contributed by atoms with E-state index >= 15 is 0 Å². The van der Waals surface area contributed by atoms with E-state index in [0.717, 1.165) is 6.20 Å². The molecular weight excluding hydrogens is 206 g/mol. The van der Waals surface area contributed by atoms with E-state index < -0.39 is 4.92 Å². The molecule has 0 aromatic carbocycles. The zero-order valence-electron chi connectivity index (χ0n) is 8.05. The van der Waals surface area contributed by atoms with E-state index in [9.17, 15) is 10.1 Å². The molecule has 2 N–H and O–H groups in total. The number of hydrogen-bond donors (Lipinski definition) is 2. The third kappa shape index (κ3) is 2.72. The molecule has 9 nitrogen and oxygen atoms in total. The summed E-state index contributed by atoms with van der Waals surface area (Å²) in [7, 11) is 2.68. The van der Waals surface area contributed by atoms with Gasteiger partial charge in [-0.3, -0.25) is 19.8 Å². The van der Waals surface area contributed by atoms with Crippen molar-refractivity contribution in [2.45, 2.75) is 0 Å². The van der Waals surface area contributed by atoms with E-state index in [1.165, 1.54) is 14.2 Å². The molecule has 1 heterocycles. The molecule has 0 amide bonds. The lowest BCUT2D eigenvalue weighted by atomic mass is 10.5. The Morgan fingerprint density at radius 1 is 1.40 bits per heavy atom. The summed E-state index contributed by atoms with van der Waals surface area (Å²) in [6.45, 7) is 0. The van der Waals surface area contributed by atoms with E-state index in [4.69, 9.17) is 0 Å². The third-order valence-electron chi connectivity index (χ3n) is 1.36. The summed E-state index contributed by atoms with van der Waals surface area (Å²) in [5.41, 5.74) is 4.31. The zero-order chi connectivity index (χ0) is 11.3. The monoisotopic (exact) mass is 215 g/mol. The Kier molecular flexibility index (Phi) is 3.71. The van der Waals surface area contributed by atoms with Crippen molar-refractivity contribution < 1.29 is 14.6 Å². The molecule has 0 saturated heterocycles. The fraction of sp³-hybridized carbons (Fsp3) is 0.333. The molecule has 15 heavy (non-hydrogen) atoms. The summed E-state index contributed by atoms with van der Waals surface area (Å²) in [5.74, 6) is 0.0275. The van der Waals surface area contributed by atoms with Crippen molar-refractivity contribution in [2.75, 3.05) is 25.2 Å². The molecule has 0 saturated carbocycles. The van der Waals surface area contributed by atoms with Crippen LogP contribution in [-0.2, 0) is 9.68 Å². The number of nitro groups is 1. The van der Waals surface area contributed by atoms with Crippen LogP contribution in [0.3, 0.4) is 0 Å². The van der Waals surface area contributed by atoms with Crippen LogP contribution in [0.1, 0.15) is 0 Å². The fourth-order valence-corrected chi connectivity index (χ4v) is 0.821. The fourth-order valence-electron chi connectivity index (χ4n) is 0.821. The predicted octanol–water partition coefficient (Wildman–Crippen LogP) is 0.331. The predicted molar refractivity (Wildman–Crippen MR) is 49.9 cm³/mol. The summed E-state index contributed by atoms with van der Waals surface area (Å²) < 4.78 is 0. The van der Waals surface area contributed by atoms with Gasteiger partial charge >= 0.3 is 5.69 Å². The highest BCUT2D eigenvalue weighted by Gasteiger charge is 2.16. The smallest absolute Gasteiger partial charge is 0.278 e. The summed E-state index contributed by atoms with van der Waals surface area (Å²) >= 11 is 0. The molecular formula is C6H9N5O4. The largest absolute Gasteiger partial charge is 0.331 e. The first-order chi connectivity index (χ1) is 7.19. The molecule has 0 aliphatic heterocycles. The second-order valence-corrected chi connectivity index (χ2v) is 2.30. The van der Waals surface area contributed by atoms with Crippen molar-refractivity contribution >= 4 is 17.5 Å². The Bertz CT molecular complexity index is 357. The van der Waals surface area contributed by atoms with Crippen LogP contribution in [0.4, 0.5) is 17.5 Å². The second-order valence-electron chi connectivity index (χ2n) is 2.30. The normalized spacial score (nSPS) is 9.73. The van der Waals surface area contributed by atoms with Crippen LogP contribution < -0.4 is 11.0 Å². The molecule has 1 rings (SSSR count). The van der Waals surface area contributed by atoms with E-state index in [0.29, 0.717) is 0 Å². The van der Waals surface area contributed by atoms with Crippen LogP contribution in [0, 0.1) is 10.1 Å². The third-order valence-corrected chi connectivity index (χ3v) is 1.36. The number of nitrogens with one attached hydrogen (secondary N) is 2. The SMILES string of the molecule is CONc1ncc([N+](=O)[O-])c(NOC)n1. The number of aromatic nitrogens is 2. The highest BCUT2D eigenvalue weighted by molar-refractivity contribution is 5.55. The summed E-state index contributed by atoms with van der Waals surface area (Å²) in [5, 5.41) is 10.5.